The number of aryl methyl sites for hydroxylation is 1. The van der Waals surface area contributed by atoms with Crippen molar-refractivity contribution in [3.05, 3.63) is 70.3 Å². The number of benzene rings is 2. The highest BCUT2D eigenvalue weighted by atomic mass is 35.5. The van der Waals surface area contributed by atoms with Crippen LogP contribution >= 0.6 is 11.6 Å². The molecule has 0 spiro atoms. The molecule has 0 radical (unpaired) electrons. The Hall–Kier alpha value is -2.57. The zero-order valence-electron chi connectivity index (χ0n) is 12.5. The third-order valence-corrected chi connectivity index (χ3v) is 4.14. The molecule has 23 heavy (non-hydrogen) atoms. The summed E-state index contributed by atoms with van der Waals surface area (Å²) in [5.41, 5.74) is 2.96. The van der Waals surface area contributed by atoms with E-state index in [1.54, 1.807) is 35.2 Å². The molecule has 114 valence electrons. The lowest BCUT2D eigenvalue weighted by Gasteiger charge is -2.29. The predicted octanol–water partition coefficient (Wildman–Crippen LogP) is 4.23. The number of rotatable bonds is 2. The number of nitrogens with zero attached hydrogens (tertiary/aromatic N) is 2. The molecule has 0 saturated heterocycles. The van der Waals surface area contributed by atoms with Gasteiger partial charge in [0.2, 0.25) is 0 Å². The predicted molar refractivity (Wildman–Crippen MR) is 92.2 cm³/mol. The molecule has 0 unspecified atom stereocenters. The first-order valence-electron chi connectivity index (χ1n) is 7.46. The molecular weight excluding hydrogens is 308 g/mol. The van der Waals surface area contributed by atoms with Gasteiger partial charge in [0.25, 0.3) is 5.91 Å². The first-order valence-corrected chi connectivity index (χ1v) is 7.84. The molecule has 1 aliphatic rings. The van der Waals surface area contributed by atoms with Gasteiger partial charge in [0.15, 0.2) is 0 Å². The van der Waals surface area contributed by atoms with E-state index in [1.807, 2.05) is 30.3 Å². The maximum Gasteiger partial charge on any atom is 0.268 e. The Kier molecular flexibility index (Phi) is 4.45. The van der Waals surface area contributed by atoms with E-state index >= 15 is 0 Å². The smallest absolute Gasteiger partial charge is 0.268 e. The fraction of sp³-hybridized carbons (Fsp3) is 0.158. The molecule has 0 bridgehead atoms. The van der Waals surface area contributed by atoms with Crippen LogP contribution in [0, 0.1) is 11.3 Å². The Bertz CT molecular complexity index is 803. The van der Waals surface area contributed by atoms with Crippen molar-refractivity contribution in [3.63, 3.8) is 0 Å². The fourth-order valence-corrected chi connectivity index (χ4v) is 2.88. The normalized spacial score (nSPS) is 14.1. The Morgan fingerprint density at radius 1 is 1.17 bits per heavy atom. The third kappa shape index (κ3) is 3.28. The van der Waals surface area contributed by atoms with Crippen molar-refractivity contribution in [1.29, 1.82) is 5.26 Å². The van der Waals surface area contributed by atoms with Crippen LogP contribution < -0.4 is 4.90 Å². The molecule has 0 aliphatic carbocycles. The van der Waals surface area contributed by atoms with Crippen molar-refractivity contribution in [2.24, 2.45) is 0 Å². The summed E-state index contributed by atoms with van der Waals surface area (Å²) in [5.74, 6) is -0.255. The second-order valence-corrected chi connectivity index (χ2v) is 5.85. The summed E-state index contributed by atoms with van der Waals surface area (Å²) in [5, 5.41) is 10.0. The lowest BCUT2D eigenvalue weighted by Crippen LogP contribution is -2.36. The Morgan fingerprint density at radius 2 is 1.91 bits per heavy atom. The molecule has 0 atom stereocenters. The van der Waals surface area contributed by atoms with Crippen LogP contribution in [0.5, 0.6) is 0 Å². The van der Waals surface area contributed by atoms with Gasteiger partial charge in [-0.15, -0.1) is 0 Å². The first-order chi connectivity index (χ1) is 11.2. The van der Waals surface area contributed by atoms with Crippen molar-refractivity contribution >= 4 is 29.3 Å². The van der Waals surface area contributed by atoms with Crippen LogP contribution in [0.2, 0.25) is 5.02 Å². The van der Waals surface area contributed by atoms with Crippen LogP contribution in [-0.2, 0) is 11.2 Å². The third-order valence-electron chi connectivity index (χ3n) is 3.89. The summed E-state index contributed by atoms with van der Waals surface area (Å²) in [7, 11) is 0. The second kappa shape index (κ2) is 6.68. The molecule has 2 aromatic rings. The monoisotopic (exact) mass is 322 g/mol. The number of fused-ring (bicyclic) bond motifs is 1. The van der Waals surface area contributed by atoms with Gasteiger partial charge < -0.3 is 4.90 Å². The molecule has 4 heteroatoms. The van der Waals surface area contributed by atoms with Gasteiger partial charge in [0, 0.05) is 17.3 Å². The largest absolute Gasteiger partial charge is 0.307 e. The number of para-hydroxylation sites is 1. The van der Waals surface area contributed by atoms with Crippen LogP contribution in [0.25, 0.3) is 6.08 Å². The summed E-state index contributed by atoms with van der Waals surface area (Å²) in [6.45, 7) is 0.634. The van der Waals surface area contributed by atoms with Gasteiger partial charge in [-0.3, -0.25) is 4.79 Å². The lowest BCUT2D eigenvalue weighted by molar-refractivity contribution is -0.114. The highest BCUT2D eigenvalue weighted by Gasteiger charge is 2.24. The number of hydrogen-bond acceptors (Lipinski definition) is 2. The van der Waals surface area contributed by atoms with E-state index in [1.165, 1.54) is 0 Å². The van der Waals surface area contributed by atoms with Crippen LogP contribution in [0.4, 0.5) is 5.69 Å². The summed E-state index contributed by atoms with van der Waals surface area (Å²) >= 11 is 5.86. The number of anilines is 1. The van der Waals surface area contributed by atoms with E-state index in [-0.39, 0.29) is 11.5 Å². The van der Waals surface area contributed by atoms with E-state index in [0.717, 1.165) is 29.7 Å². The summed E-state index contributed by atoms with van der Waals surface area (Å²) < 4.78 is 0. The number of nitriles is 1. The van der Waals surface area contributed by atoms with Gasteiger partial charge in [-0.1, -0.05) is 41.9 Å². The standard InChI is InChI=1S/C19H15ClN2O/c20-17-9-7-14(8-10-17)12-16(13-21)19(23)22-11-3-5-15-4-1-2-6-18(15)22/h1-2,4,6-10,12H,3,5,11H2/b16-12+. The maximum atomic E-state index is 12.8. The van der Waals surface area contributed by atoms with Crippen LogP contribution in [0.15, 0.2) is 54.1 Å². The summed E-state index contributed by atoms with van der Waals surface area (Å²) in [6.07, 6.45) is 3.47. The maximum absolute atomic E-state index is 12.8. The minimum Gasteiger partial charge on any atom is -0.307 e. The Morgan fingerprint density at radius 3 is 2.65 bits per heavy atom. The number of amides is 1. The van der Waals surface area contributed by atoms with Gasteiger partial charge >= 0.3 is 0 Å². The van der Waals surface area contributed by atoms with E-state index in [0.29, 0.717) is 11.6 Å². The van der Waals surface area contributed by atoms with Crippen molar-refractivity contribution < 1.29 is 4.79 Å². The van der Waals surface area contributed by atoms with Crippen molar-refractivity contribution in [2.45, 2.75) is 12.8 Å². The molecule has 1 aliphatic heterocycles. The molecule has 0 saturated carbocycles. The zero-order valence-corrected chi connectivity index (χ0v) is 13.3. The molecule has 3 rings (SSSR count). The Labute approximate surface area is 140 Å². The first kappa shape index (κ1) is 15.3. The zero-order chi connectivity index (χ0) is 16.2. The quantitative estimate of drug-likeness (QED) is 0.613. The summed E-state index contributed by atoms with van der Waals surface area (Å²) in [4.78, 5) is 14.5. The van der Waals surface area contributed by atoms with Crippen LogP contribution in [0.3, 0.4) is 0 Å². The van der Waals surface area contributed by atoms with Gasteiger partial charge in [-0.05, 0) is 48.2 Å². The van der Waals surface area contributed by atoms with E-state index in [9.17, 15) is 10.1 Å². The van der Waals surface area contributed by atoms with Crippen LogP contribution in [0.1, 0.15) is 17.5 Å². The average molecular weight is 323 g/mol. The van der Waals surface area contributed by atoms with Gasteiger partial charge in [-0.25, -0.2) is 0 Å². The molecule has 3 nitrogen and oxygen atoms in total. The highest BCUT2D eigenvalue weighted by molar-refractivity contribution is 6.30. The van der Waals surface area contributed by atoms with E-state index in [4.69, 9.17) is 11.6 Å². The molecule has 2 aromatic carbocycles. The van der Waals surface area contributed by atoms with Crippen molar-refractivity contribution in [2.75, 3.05) is 11.4 Å². The second-order valence-electron chi connectivity index (χ2n) is 5.41. The molecule has 1 amide bonds. The molecule has 0 aromatic heterocycles. The number of hydrogen-bond donors (Lipinski definition) is 0. The molecular formula is C19H15ClN2O. The summed E-state index contributed by atoms with van der Waals surface area (Å²) in [6, 6.07) is 16.9. The lowest BCUT2D eigenvalue weighted by atomic mass is 10.0. The SMILES string of the molecule is N#C/C(=C\c1ccc(Cl)cc1)C(=O)N1CCCc2ccccc21. The van der Waals surface area contributed by atoms with Crippen molar-refractivity contribution in [3.8, 4) is 6.07 Å². The average Bonchev–Trinajstić information content (AvgIpc) is 2.60. The number of carbonyl (C=O) groups excluding carboxylic acids is 1. The fourth-order valence-electron chi connectivity index (χ4n) is 2.76. The topological polar surface area (TPSA) is 44.1 Å². The minimum absolute atomic E-state index is 0.129. The van der Waals surface area contributed by atoms with Gasteiger partial charge in [-0.2, -0.15) is 5.26 Å². The van der Waals surface area contributed by atoms with E-state index in [2.05, 4.69) is 0 Å². The van der Waals surface area contributed by atoms with Crippen LogP contribution in [-0.4, -0.2) is 12.5 Å². The molecule has 0 N–H and O–H groups in total. The molecule has 1 heterocycles. The van der Waals surface area contributed by atoms with Crippen molar-refractivity contribution in [1.82, 2.24) is 0 Å². The number of halogens is 1. The molecule has 0 fully saturated rings. The Balaban J connectivity index is 1.93. The highest BCUT2D eigenvalue weighted by Crippen LogP contribution is 2.28. The number of carbonyl (C=O) groups is 1. The van der Waals surface area contributed by atoms with Gasteiger partial charge in [0.05, 0.1) is 0 Å². The van der Waals surface area contributed by atoms with E-state index < -0.39 is 0 Å². The van der Waals surface area contributed by atoms with Gasteiger partial charge in [0.1, 0.15) is 11.6 Å². The minimum atomic E-state index is -0.255.